The third kappa shape index (κ3) is 3.43. The maximum Gasteiger partial charge on any atom is 0.0652 e. The van der Waals surface area contributed by atoms with Crippen LogP contribution in [0.2, 0.25) is 0 Å². The Morgan fingerprint density at radius 1 is 1.08 bits per heavy atom. The molecule has 24 heavy (non-hydrogen) atoms. The minimum Gasteiger partial charge on any atom is -0.369 e. The first-order chi connectivity index (χ1) is 11.1. The van der Waals surface area contributed by atoms with Gasteiger partial charge in [-0.25, -0.2) is 0 Å². The molecule has 0 spiro atoms. The van der Waals surface area contributed by atoms with Crippen LogP contribution in [0.3, 0.4) is 0 Å². The van der Waals surface area contributed by atoms with Gasteiger partial charge in [-0.2, -0.15) is 0 Å². The van der Waals surface area contributed by atoms with Gasteiger partial charge in [-0.15, -0.1) is 0 Å². The Kier molecular flexibility index (Phi) is 5.27. The summed E-state index contributed by atoms with van der Waals surface area (Å²) in [6.07, 6.45) is 6.78. The molecule has 0 radical (unpaired) electrons. The van der Waals surface area contributed by atoms with Gasteiger partial charge in [-0.1, -0.05) is 32.6 Å². The summed E-state index contributed by atoms with van der Waals surface area (Å²) in [6, 6.07) is 0.406. The summed E-state index contributed by atoms with van der Waals surface area (Å²) in [7, 11) is 2.17. The van der Waals surface area contributed by atoms with E-state index in [0.717, 1.165) is 23.3 Å². The topological polar surface area (TPSA) is 6.48 Å². The molecule has 0 bridgehead atoms. The molecule has 2 rings (SSSR count). The van der Waals surface area contributed by atoms with Crippen molar-refractivity contribution in [2.75, 3.05) is 13.6 Å². The van der Waals surface area contributed by atoms with Crippen molar-refractivity contribution < 1.29 is 0 Å². The summed E-state index contributed by atoms with van der Waals surface area (Å²) in [5.41, 5.74) is 8.57. The highest BCUT2D eigenvalue weighted by molar-refractivity contribution is 5.57. The number of allylic oxidation sites excluding steroid dienone is 5. The van der Waals surface area contributed by atoms with Crippen LogP contribution >= 0.6 is 0 Å². The molecule has 1 atom stereocenters. The molecular weight excluding hydrogens is 292 g/mol. The lowest BCUT2D eigenvalue weighted by Crippen LogP contribution is -2.36. The number of likely N-dealkylation sites (N-methyl/N-ethyl adjacent to an activating group) is 1. The van der Waals surface area contributed by atoms with Crippen molar-refractivity contribution in [1.82, 2.24) is 9.80 Å². The second-order valence-electron chi connectivity index (χ2n) is 7.68. The predicted octanol–water partition coefficient (Wildman–Crippen LogP) is 5.41. The van der Waals surface area contributed by atoms with Gasteiger partial charge >= 0.3 is 0 Å². The number of hydrogen-bond acceptors (Lipinski definition) is 2. The molecule has 0 aromatic rings. The summed E-state index contributed by atoms with van der Waals surface area (Å²) < 4.78 is 0. The van der Waals surface area contributed by atoms with Crippen LogP contribution < -0.4 is 0 Å². The third-order valence-electron chi connectivity index (χ3n) is 5.10. The smallest absolute Gasteiger partial charge is 0.0652 e. The zero-order valence-corrected chi connectivity index (χ0v) is 16.4. The van der Waals surface area contributed by atoms with Crippen molar-refractivity contribution in [1.29, 1.82) is 0 Å². The molecule has 2 heteroatoms. The standard InChI is InChI=1S/C22H32N2/c1-14(2)18(8)24-13-20(16(5)6)17(7)10-22(24)21-11-19(15(3)4)12-23(21)9/h10-11,13-14,18H,5,7,12H2,1-4,6,8-9H3. The van der Waals surface area contributed by atoms with Crippen LogP contribution in [0.4, 0.5) is 0 Å². The van der Waals surface area contributed by atoms with Crippen molar-refractivity contribution >= 4 is 0 Å². The summed E-state index contributed by atoms with van der Waals surface area (Å²) in [5, 5.41) is 0. The Bertz CT molecular complexity index is 679. The quantitative estimate of drug-likeness (QED) is 0.682. The van der Waals surface area contributed by atoms with Crippen molar-refractivity contribution in [3.63, 3.8) is 0 Å². The van der Waals surface area contributed by atoms with E-state index in [4.69, 9.17) is 0 Å². The lowest BCUT2D eigenvalue weighted by Gasteiger charge is -2.38. The van der Waals surface area contributed by atoms with Crippen molar-refractivity contribution in [3.05, 3.63) is 70.8 Å². The SMILES string of the molecule is C=C(C)C1=CN(C(C)C(C)C)C(C2=CC(=C(C)C)CN2C)=CC1=C. The van der Waals surface area contributed by atoms with Gasteiger partial charge in [0.15, 0.2) is 0 Å². The average molecular weight is 325 g/mol. The maximum absolute atomic E-state index is 4.27. The van der Waals surface area contributed by atoms with Crippen molar-refractivity contribution in [3.8, 4) is 0 Å². The van der Waals surface area contributed by atoms with Gasteiger partial charge in [0.2, 0.25) is 0 Å². The molecule has 1 unspecified atom stereocenters. The fourth-order valence-corrected chi connectivity index (χ4v) is 3.09. The van der Waals surface area contributed by atoms with Gasteiger partial charge in [0.1, 0.15) is 0 Å². The van der Waals surface area contributed by atoms with Gasteiger partial charge in [0, 0.05) is 25.8 Å². The minimum absolute atomic E-state index is 0.406. The molecule has 0 saturated carbocycles. The monoisotopic (exact) mass is 324 g/mol. The van der Waals surface area contributed by atoms with E-state index in [2.05, 4.69) is 89.9 Å². The zero-order valence-electron chi connectivity index (χ0n) is 16.4. The second kappa shape index (κ2) is 6.88. The number of nitrogens with zero attached hydrogens (tertiary/aromatic N) is 2. The van der Waals surface area contributed by atoms with E-state index in [-0.39, 0.29) is 0 Å². The molecule has 0 fully saturated rings. The van der Waals surface area contributed by atoms with Crippen molar-refractivity contribution in [2.45, 2.75) is 47.6 Å². The predicted molar refractivity (Wildman–Crippen MR) is 105 cm³/mol. The van der Waals surface area contributed by atoms with Gasteiger partial charge in [0.25, 0.3) is 0 Å². The molecule has 0 saturated heterocycles. The highest BCUT2D eigenvalue weighted by Gasteiger charge is 2.29. The van der Waals surface area contributed by atoms with Crippen LogP contribution in [0.25, 0.3) is 0 Å². The maximum atomic E-state index is 4.27. The van der Waals surface area contributed by atoms with Crippen LogP contribution in [0.1, 0.15) is 41.5 Å². The lowest BCUT2D eigenvalue weighted by atomic mass is 9.94. The second-order valence-corrected chi connectivity index (χ2v) is 7.68. The largest absolute Gasteiger partial charge is 0.369 e. The number of hydrogen-bond donors (Lipinski definition) is 0. The van der Waals surface area contributed by atoms with E-state index in [9.17, 15) is 0 Å². The summed E-state index contributed by atoms with van der Waals surface area (Å²) in [5.74, 6) is 0.553. The average Bonchev–Trinajstić information content (AvgIpc) is 2.87. The minimum atomic E-state index is 0.406. The molecule has 2 aliphatic heterocycles. The fourth-order valence-electron chi connectivity index (χ4n) is 3.09. The molecule has 0 N–H and O–H groups in total. The summed E-state index contributed by atoms with van der Waals surface area (Å²) >= 11 is 0. The Labute approximate surface area is 148 Å². The fraction of sp³-hybridized carbons (Fsp3) is 0.455. The van der Waals surface area contributed by atoms with E-state index in [1.54, 1.807) is 0 Å². The number of rotatable bonds is 4. The Morgan fingerprint density at radius 3 is 2.17 bits per heavy atom. The van der Waals surface area contributed by atoms with Crippen LogP contribution in [-0.2, 0) is 0 Å². The lowest BCUT2D eigenvalue weighted by molar-refractivity contribution is 0.277. The first-order valence-electron chi connectivity index (χ1n) is 8.80. The van der Waals surface area contributed by atoms with Gasteiger partial charge in [-0.3, -0.25) is 0 Å². The van der Waals surface area contributed by atoms with Crippen LogP contribution in [0, 0.1) is 5.92 Å². The highest BCUT2D eigenvalue weighted by atomic mass is 15.2. The normalized spacial score (nSPS) is 19.4. The Hall–Kier alpha value is -1.96. The van der Waals surface area contributed by atoms with E-state index >= 15 is 0 Å². The van der Waals surface area contributed by atoms with E-state index in [1.807, 2.05) is 0 Å². The first-order valence-corrected chi connectivity index (χ1v) is 8.80. The van der Waals surface area contributed by atoms with Crippen LogP contribution in [0.5, 0.6) is 0 Å². The Balaban J connectivity index is 2.53. The molecule has 0 aromatic heterocycles. The van der Waals surface area contributed by atoms with E-state index in [1.165, 1.54) is 22.5 Å². The first kappa shape index (κ1) is 18.4. The molecule has 2 heterocycles. The highest BCUT2D eigenvalue weighted by Crippen LogP contribution is 2.36. The van der Waals surface area contributed by atoms with Crippen LogP contribution in [0.15, 0.2) is 70.8 Å². The summed E-state index contributed by atoms with van der Waals surface area (Å²) in [6.45, 7) is 22.6. The molecular formula is C22H32N2. The third-order valence-corrected chi connectivity index (χ3v) is 5.10. The van der Waals surface area contributed by atoms with Crippen LogP contribution in [-0.4, -0.2) is 29.4 Å². The van der Waals surface area contributed by atoms with Gasteiger partial charge < -0.3 is 9.80 Å². The molecule has 0 aromatic carbocycles. The van der Waals surface area contributed by atoms with Gasteiger partial charge in [0.05, 0.1) is 11.4 Å². The zero-order chi connectivity index (χ0) is 18.2. The molecule has 130 valence electrons. The van der Waals surface area contributed by atoms with Crippen molar-refractivity contribution in [2.24, 2.45) is 5.92 Å². The Morgan fingerprint density at radius 2 is 1.71 bits per heavy atom. The molecule has 2 nitrogen and oxygen atoms in total. The van der Waals surface area contributed by atoms with E-state index < -0.39 is 0 Å². The summed E-state index contributed by atoms with van der Waals surface area (Å²) in [4.78, 5) is 4.74. The molecule has 0 amide bonds. The van der Waals surface area contributed by atoms with Gasteiger partial charge in [-0.05, 0) is 68.1 Å². The molecule has 2 aliphatic rings. The van der Waals surface area contributed by atoms with E-state index in [0.29, 0.717) is 12.0 Å². The molecule has 0 aliphatic carbocycles.